The lowest BCUT2D eigenvalue weighted by molar-refractivity contribution is 0.110. The van der Waals surface area contributed by atoms with Crippen LogP contribution in [0.2, 0.25) is 0 Å². The van der Waals surface area contributed by atoms with Crippen molar-refractivity contribution in [3.05, 3.63) is 29.3 Å². The lowest BCUT2D eigenvalue weighted by Gasteiger charge is -2.12. The maximum atomic E-state index is 5.81. The van der Waals surface area contributed by atoms with Gasteiger partial charge in [0.1, 0.15) is 12.4 Å². The first kappa shape index (κ1) is 13.0. The Balaban J connectivity index is 2.54. The predicted molar refractivity (Wildman–Crippen MR) is 65.8 cm³/mol. The Morgan fingerprint density at radius 1 is 1.31 bits per heavy atom. The highest BCUT2D eigenvalue weighted by atomic mass is 16.5. The molecular weight excluding hydrogens is 202 g/mol. The molecule has 16 heavy (non-hydrogen) atoms. The van der Waals surface area contributed by atoms with Crippen LogP contribution in [0, 0.1) is 6.92 Å². The van der Waals surface area contributed by atoms with Gasteiger partial charge < -0.3 is 15.2 Å². The van der Waals surface area contributed by atoms with E-state index in [1.165, 1.54) is 0 Å². The van der Waals surface area contributed by atoms with E-state index in [0.29, 0.717) is 13.2 Å². The van der Waals surface area contributed by atoms with Crippen molar-refractivity contribution in [1.29, 1.82) is 0 Å². The largest absolute Gasteiger partial charge is 0.491 e. The molecule has 1 aromatic carbocycles. The summed E-state index contributed by atoms with van der Waals surface area (Å²) in [5.74, 6) is 0.907. The summed E-state index contributed by atoms with van der Waals surface area (Å²) in [4.78, 5) is 0. The van der Waals surface area contributed by atoms with E-state index in [0.717, 1.165) is 23.5 Å². The van der Waals surface area contributed by atoms with Crippen molar-refractivity contribution in [2.24, 2.45) is 5.73 Å². The molecule has 0 spiro atoms. The van der Waals surface area contributed by atoms with E-state index in [1.54, 1.807) is 0 Å². The van der Waals surface area contributed by atoms with Crippen LogP contribution in [-0.4, -0.2) is 19.8 Å². The molecule has 3 heteroatoms. The van der Waals surface area contributed by atoms with Crippen molar-refractivity contribution < 1.29 is 9.47 Å². The molecule has 0 saturated carbocycles. The Morgan fingerprint density at radius 3 is 2.62 bits per heavy atom. The maximum Gasteiger partial charge on any atom is 0.122 e. The SMILES string of the molecule is CCOCCOc1ccc(C(C)N)cc1C. The molecule has 0 fully saturated rings. The molecule has 3 nitrogen and oxygen atoms in total. The Kier molecular flexibility index (Phi) is 5.29. The van der Waals surface area contributed by atoms with Crippen LogP contribution < -0.4 is 10.5 Å². The van der Waals surface area contributed by atoms with Crippen LogP contribution in [0.5, 0.6) is 5.75 Å². The van der Waals surface area contributed by atoms with Gasteiger partial charge in [0.2, 0.25) is 0 Å². The molecule has 0 bridgehead atoms. The molecule has 0 aliphatic carbocycles. The second-order valence-corrected chi connectivity index (χ2v) is 3.86. The van der Waals surface area contributed by atoms with E-state index in [4.69, 9.17) is 15.2 Å². The van der Waals surface area contributed by atoms with Gasteiger partial charge in [0.15, 0.2) is 0 Å². The lowest BCUT2D eigenvalue weighted by Crippen LogP contribution is -2.08. The van der Waals surface area contributed by atoms with Gasteiger partial charge in [0.05, 0.1) is 6.61 Å². The van der Waals surface area contributed by atoms with Crippen molar-refractivity contribution in [3.8, 4) is 5.75 Å². The van der Waals surface area contributed by atoms with Crippen LogP contribution in [0.3, 0.4) is 0 Å². The smallest absolute Gasteiger partial charge is 0.122 e. The Morgan fingerprint density at radius 2 is 2.06 bits per heavy atom. The summed E-state index contributed by atoms with van der Waals surface area (Å²) >= 11 is 0. The third-order valence-corrected chi connectivity index (χ3v) is 2.41. The average molecular weight is 223 g/mol. The maximum absolute atomic E-state index is 5.81. The third-order valence-electron chi connectivity index (χ3n) is 2.41. The number of benzene rings is 1. The highest BCUT2D eigenvalue weighted by molar-refractivity contribution is 5.37. The molecule has 90 valence electrons. The molecule has 1 aromatic rings. The number of nitrogens with two attached hydrogens (primary N) is 1. The van der Waals surface area contributed by atoms with Gasteiger partial charge in [-0.1, -0.05) is 12.1 Å². The van der Waals surface area contributed by atoms with Gasteiger partial charge in [-0.15, -0.1) is 0 Å². The lowest BCUT2D eigenvalue weighted by atomic mass is 10.1. The van der Waals surface area contributed by atoms with Crippen molar-refractivity contribution in [2.45, 2.75) is 26.8 Å². The summed E-state index contributed by atoms with van der Waals surface area (Å²) < 4.78 is 10.8. The van der Waals surface area contributed by atoms with E-state index in [1.807, 2.05) is 32.9 Å². The minimum absolute atomic E-state index is 0.0659. The molecule has 0 aliphatic heterocycles. The Bertz CT molecular complexity index is 324. The minimum Gasteiger partial charge on any atom is -0.491 e. The van der Waals surface area contributed by atoms with E-state index in [2.05, 4.69) is 6.07 Å². The molecule has 0 amide bonds. The highest BCUT2D eigenvalue weighted by Gasteiger charge is 2.04. The topological polar surface area (TPSA) is 44.5 Å². The van der Waals surface area contributed by atoms with Gasteiger partial charge in [0, 0.05) is 12.6 Å². The van der Waals surface area contributed by atoms with Gasteiger partial charge in [-0.2, -0.15) is 0 Å². The molecule has 2 N–H and O–H groups in total. The van der Waals surface area contributed by atoms with Crippen LogP contribution in [0.15, 0.2) is 18.2 Å². The predicted octanol–water partition coefficient (Wildman–Crippen LogP) is 2.43. The fraction of sp³-hybridized carbons (Fsp3) is 0.538. The van der Waals surface area contributed by atoms with Crippen molar-refractivity contribution in [3.63, 3.8) is 0 Å². The highest BCUT2D eigenvalue weighted by Crippen LogP contribution is 2.21. The van der Waals surface area contributed by atoms with E-state index < -0.39 is 0 Å². The second-order valence-electron chi connectivity index (χ2n) is 3.86. The van der Waals surface area contributed by atoms with Crippen LogP contribution in [0.4, 0.5) is 0 Å². The van der Waals surface area contributed by atoms with Gasteiger partial charge in [0.25, 0.3) is 0 Å². The third kappa shape index (κ3) is 3.83. The molecule has 0 radical (unpaired) electrons. The number of rotatable bonds is 6. The van der Waals surface area contributed by atoms with Gasteiger partial charge in [-0.05, 0) is 38.0 Å². The fourth-order valence-corrected chi connectivity index (χ4v) is 1.47. The van der Waals surface area contributed by atoms with Crippen LogP contribution in [-0.2, 0) is 4.74 Å². The Labute approximate surface area is 97.6 Å². The first-order chi connectivity index (χ1) is 7.65. The van der Waals surface area contributed by atoms with Crippen LogP contribution in [0.25, 0.3) is 0 Å². The first-order valence-electron chi connectivity index (χ1n) is 5.71. The van der Waals surface area contributed by atoms with Crippen molar-refractivity contribution in [1.82, 2.24) is 0 Å². The van der Waals surface area contributed by atoms with Crippen LogP contribution >= 0.6 is 0 Å². The molecule has 1 unspecified atom stereocenters. The standard InChI is InChI=1S/C13H21NO2/c1-4-15-7-8-16-13-6-5-12(11(3)14)9-10(13)2/h5-6,9,11H,4,7-8,14H2,1-3H3. The van der Waals surface area contributed by atoms with Crippen molar-refractivity contribution in [2.75, 3.05) is 19.8 Å². The van der Waals surface area contributed by atoms with Gasteiger partial charge >= 0.3 is 0 Å². The zero-order chi connectivity index (χ0) is 12.0. The van der Waals surface area contributed by atoms with Gasteiger partial charge in [-0.25, -0.2) is 0 Å². The number of hydrogen-bond acceptors (Lipinski definition) is 3. The monoisotopic (exact) mass is 223 g/mol. The quantitative estimate of drug-likeness (QED) is 0.753. The summed E-state index contributed by atoms with van der Waals surface area (Å²) in [5.41, 5.74) is 8.06. The van der Waals surface area contributed by atoms with E-state index in [9.17, 15) is 0 Å². The number of hydrogen-bond donors (Lipinski definition) is 1. The number of ether oxygens (including phenoxy) is 2. The second kappa shape index (κ2) is 6.51. The molecule has 0 aliphatic rings. The first-order valence-corrected chi connectivity index (χ1v) is 5.71. The van der Waals surface area contributed by atoms with Gasteiger partial charge in [-0.3, -0.25) is 0 Å². The minimum atomic E-state index is 0.0659. The molecular formula is C13H21NO2. The van der Waals surface area contributed by atoms with E-state index >= 15 is 0 Å². The summed E-state index contributed by atoms with van der Waals surface area (Å²) in [6.45, 7) is 7.93. The molecule has 1 rings (SSSR count). The Hall–Kier alpha value is -1.06. The van der Waals surface area contributed by atoms with Crippen LogP contribution in [0.1, 0.15) is 31.0 Å². The molecule has 0 aromatic heterocycles. The molecule has 0 saturated heterocycles. The normalized spacial score (nSPS) is 12.5. The summed E-state index contributed by atoms with van der Waals surface area (Å²) in [6, 6.07) is 6.12. The van der Waals surface area contributed by atoms with E-state index in [-0.39, 0.29) is 6.04 Å². The van der Waals surface area contributed by atoms with Crippen molar-refractivity contribution >= 4 is 0 Å². The summed E-state index contributed by atoms with van der Waals surface area (Å²) in [7, 11) is 0. The summed E-state index contributed by atoms with van der Waals surface area (Å²) in [6.07, 6.45) is 0. The fourth-order valence-electron chi connectivity index (χ4n) is 1.47. The zero-order valence-corrected chi connectivity index (χ0v) is 10.3. The average Bonchev–Trinajstić information content (AvgIpc) is 2.26. The molecule has 1 atom stereocenters. The molecule has 0 heterocycles. The summed E-state index contributed by atoms with van der Waals surface area (Å²) in [5, 5.41) is 0. The zero-order valence-electron chi connectivity index (χ0n) is 10.3. The number of aryl methyl sites for hydroxylation is 1.